The van der Waals surface area contributed by atoms with Crippen molar-refractivity contribution in [1.82, 2.24) is 0 Å². The number of carbonyl (C=O) groups is 2. The largest absolute Gasteiger partial charge is 0.371 e. The second-order valence-electron chi connectivity index (χ2n) is 2.51. The number of Topliss-reactive ketones (excluding diaryl/α,β-unsaturated/α-hetero) is 2. The zero-order chi connectivity index (χ0) is 9.40. The lowest BCUT2D eigenvalue weighted by molar-refractivity contribution is -0.124. The molecule has 0 aromatic rings. The van der Waals surface area contributed by atoms with Gasteiger partial charge in [0.05, 0.1) is 13.2 Å². The molecule has 4 heteroatoms. The first-order chi connectivity index (χ1) is 5.63. The van der Waals surface area contributed by atoms with E-state index in [-0.39, 0.29) is 24.8 Å². The molecule has 0 aliphatic rings. The summed E-state index contributed by atoms with van der Waals surface area (Å²) in [6, 6.07) is 0. The molecule has 12 heavy (non-hydrogen) atoms. The smallest absolute Gasteiger partial charge is 0.155 e. The van der Waals surface area contributed by atoms with Gasteiger partial charge >= 0.3 is 0 Å². The van der Waals surface area contributed by atoms with Crippen LogP contribution in [-0.2, 0) is 19.1 Å². The van der Waals surface area contributed by atoms with Crippen molar-refractivity contribution in [2.45, 2.75) is 13.8 Å². The lowest BCUT2D eigenvalue weighted by Gasteiger charge is -2.01. The second kappa shape index (κ2) is 6.94. The Hall–Kier alpha value is -0.740. The van der Waals surface area contributed by atoms with Gasteiger partial charge in [-0.1, -0.05) is 0 Å². The van der Waals surface area contributed by atoms with Crippen molar-refractivity contribution in [3.63, 3.8) is 0 Å². The molecule has 0 rings (SSSR count). The molecule has 0 aliphatic heterocycles. The van der Waals surface area contributed by atoms with Crippen LogP contribution in [0.4, 0.5) is 0 Å². The summed E-state index contributed by atoms with van der Waals surface area (Å²) >= 11 is 0. The topological polar surface area (TPSA) is 52.6 Å². The van der Waals surface area contributed by atoms with Gasteiger partial charge in [-0.15, -0.1) is 0 Å². The second-order valence-corrected chi connectivity index (χ2v) is 2.51. The summed E-state index contributed by atoms with van der Waals surface area (Å²) in [6.45, 7) is 3.85. The number of hydrogen-bond acceptors (Lipinski definition) is 4. The van der Waals surface area contributed by atoms with Gasteiger partial charge < -0.3 is 9.47 Å². The molecule has 0 aliphatic carbocycles. The van der Waals surface area contributed by atoms with E-state index in [1.165, 1.54) is 13.8 Å². The summed E-state index contributed by atoms with van der Waals surface area (Å²) in [7, 11) is 0. The van der Waals surface area contributed by atoms with Crippen LogP contribution in [-0.4, -0.2) is 38.0 Å². The Morgan fingerprint density at radius 2 is 1.25 bits per heavy atom. The average Bonchev–Trinajstić information content (AvgIpc) is 1.95. The van der Waals surface area contributed by atoms with Crippen molar-refractivity contribution < 1.29 is 19.1 Å². The SMILES string of the molecule is CC(=O)COCCOCC(C)=O. The number of ketones is 2. The van der Waals surface area contributed by atoms with Crippen molar-refractivity contribution in [2.75, 3.05) is 26.4 Å². The summed E-state index contributed by atoms with van der Waals surface area (Å²) in [5.41, 5.74) is 0. The Bertz CT molecular complexity index is 135. The molecule has 0 unspecified atom stereocenters. The van der Waals surface area contributed by atoms with Crippen molar-refractivity contribution in [3.05, 3.63) is 0 Å². The molecule has 0 spiro atoms. The van der Waals surface area contributed by atoms with E-state index in [9.17, 15) is 9.59 Å². The molecular weight excluding hydrogens is 160 g/mol. The summed E-state index contributed by atoms with van der Waals surface area (Å²) in [4.78, 5) is 20.7. The van der Waals surface area contributed by atoms with Crippen molar-refractivity contribution >= 4 is 11.6 Å². The fourth-order valence-electron chi connectivity index (χ4n) is 0.550. The van der Waals surface area contributed by atoms with E-state index in [1.807, 2.05) is 0 Å². The first-order valence-electron chi connectivity index (χ1n) is 3.77. The highest BCUT2D eigenvalue weighted by Crippen LogP contribution is 1.80. The third-order valence-electron chi connectivity index (χ3n) is 0.983. The van der Waals surface area contributed by atoms with Gasteiger partial charge in [0.25, 0.3) is 0 Å². The predicted octanol–water partition coefficient (Wildman–Crippen LogP) is 0.198. The van der Waals surface area contributed by atoms with Gasteiger partial charge in [-0.2, -0.15) is 0 Å². The van der Waals surface area contributed by atoms with Gasteiger partial charge in [0.1, 0.15) is 13.2 Å². The monoisotopic (exact) mass is 174 g/mol. The highest BCUT2D eigenvalue weighted by atomic mass is 16.5. The minimum absolute atomic E-state index is 0.0124. The van der Waals surface area contributed by atoms with E-state index in [0.29, 0.717) is 13.2 Å². The van der Waals surface area contributed by atoms with Gasteiger partial charge in [0.2, 0.25) is 0 Å². The molecule has 0 amide bonds. The zero-order valence-electron chi connectivity index (χ0n) is 7.46. The molecule has 0 heterocycles. The van der Waals surface area contributed by atoms with E-state index in [4.69, 9.17) is 9.47 Å². The Balaban J connectivity index is 3.01. The zero-order valence-corrected chi connectivity index (χ0v) is 7.46. The van der Waals surface area contributed by atoms with Gasteiger partial charge in [-0.25, -0.2) is 0 Å². The quantitative estimate of drug-likeness (QED) is 0.517. The minimum Gasteiger partial charge on any atom is -0.371 e. The Morgan fingerprint density at radius 1 is 0.917 bits per heavy atom. The highest BCUT2D eigenvalue weighted by Gasteiger charge is 1.94. The third kappa shape index (κ3) is 9.26. The van der Waals surface area contributed by atoms with Crippen LogP contribution < -0.4 is 0 Å². The van der Waals surface area contributed by atoms with Crippen LogP contribution in [0.5, 0.6) is 0 Å². The standard InChI is InChI=1S/C8H14O4/c1-7(9)5-11-3-4-12-6-8(2)10/h3-6H2,1-2H3. The maximum Gasteiger partial charge on any atom is 0.155 e. The van der Waals surface area contributed by atoms with Gasteiger partial charge in [0.15, 0.2) is 11.6 Å². The molecule has 70 valence electrons. The molecule has 0 fully saturated rings. The van der Waals surface area contributed by atoms with Crippen molar-refractivity contribution in [2.24, 2.45) is 0 Å². The number of rotatable bonds is 7. The summed E-state index contributed by atoms with van der Waals surface area (Å²) in [5.74, 6) is -0.0249. The van der Waals surface area contributed by atoms with Crippen LogP contribution >= 0.6 is 0 Å². The van der Waals surface area contributed by atoms with Crippen LogP contribution in [0.3, 0.4) is 0 Å². The fourth-order valence-corrected chi connectivity index (χ4v) is 0.550. The molecule has 0 bridgehead atoms. The first kappa shape index (κ1) is 11.3. The number of carbonyl (C=O) groups excluding carboxylic acids is 2. The molecular formula is C8H14O4. The molecule has 0 aromatic heterocycles. The van der Waals surface area contributed by atoms with E-state index in [0.717, 1.165) is 0 Å². The lowest BCUT2D eigenvalue weighted by Crippen LogP contribution is -2.12. The number of ether oxygens (including phenoxy) is 2. The highest BCUT2D eigenvalue weighted by molar-refractivity contribution is 5.77. The summed E-state index contributed by atoms with van der Waals surface area (Å²) in [5, 5.41) is 0. The van der Waals surface area contributed by atoms with Crippen molar-refractivity contribution in [3.8, 4) is 0 Å². The minimum atomic E-state index is -0.0124. The van der Waals surface area contributed by atoms with Gasteiger partial charge in [-0.3, -0.25) is 9.59 Å². The van der Waals surface area contributed by atoms with Crippen LogP contribution in [0, 0.1) is 0 Å². The van der Waals surface area contributed by atoms with E-state index in [1.54, 1.807) is 0 Å². The van der Waals surface area contributed by atoms with Crippen molar-refractivity contribution in [1.29, 1.82) is 0 Å². The fraction of sp³-hybridized carbons (Fsp3) is 0.750. The normalized spacial score (nSPS) is 9.83. The van der Waals surface area contributed by atoms with E-state index in [2.05, 4.69) is 0 Å². The molecule has 0 saturated carbocycles. The predicted molar refractivity (Wildman–Crippen MR) is 43.0 cm³/mol. The Morgan fingerprint density at radius 3 is 1.50 bits per heavy atom. The van der Waals surface area contributed by atoms with Crippen LogP contribution in [0.1, 0.15) is 13.8 Å². The maximum atomic E-state index is 10.4. The van der Waals surface area contributed by atoms with Gasteiger partial charge in [0, 0.05) is 0 Å². The van der Waals surface area contributed by atoms with Crippen LogP contribution in [0.25, 0.3) is 0 Å². The molecule has 0 radical (unpaired) electrons. The maximum absolute atomic E-state index is 10.4. The molecule has 0 saturated heterocycles. The summed E-state index contributed by atoms with van der Waals surface area (Å²) < 4.78 is 9.78. The first-order valence-corrected chi connectivity index (χ1v) is 3.77. The molecule has 0 atom stereocenters. The van der Waals surface area contributed by atoms with E-state index < -0.39 is 0 Å². The molecule has 0 aromatic carbocycles. The summed E-state index contributed by atoms with van der Waals surface area (Å²) in [6.07, 6.45) is 0. The lowest BCUT2D eigenvalue weighted by atomic mass is 10.5. The number of hydrogen-bond donors (Lipinski definition) is 0. The van der Waals surface area contributed by atoms with Crippen LogP contribution in [0.2, 0.25) is 0 Å². The van der Waals surface area contributed by atoms with Gasteiger partial charge in [-0.05, 0) is 13.8 Å². The Labute approximate surface area is 71.8 Å². The molecule has 0 N–H and O–H groups in total. The Kier molecular flexibility index (Phi) is 6.51. The molecule has 4 nitrogen and oxygen atoms in total. The van der Waals surface area contributed by atoms with Crippen LogP contribution in [0.15, 0.2) is 0 Å². The van der Waals surface area contributed by atoms with E-state index >= 15 is 0 Å². The third-order valence-corrected chi connectivity index (χ3v) is 0.983. The average molecular weight is 174 g/mol.